The van der Waals surface area contributed by atoms with Gasteiger partial charge in [-0.15, -0.1) is 11.8 Å². The Hall–Kier alpha value is -0.270. The van der Waals surface area contributed by atoms with E-state index in [4.69, 9.17) is 0 Å². The van der Waals surface area contributed by atoms with Crippen LogP contribution < -0.4 is 5.32 Å². The highest BCUT2D eigenvalue weighted by Crippen LogP contribution is 2.24. The molecule has 2 fully saturated rings. The number of hydrogen-bond donors (Lipinski definition) is 2. The number of nitrogens with one attached hydrogen (secondary N) is 1. The van der Waals surface area contributed by atoms with Crippen LogP contribution in [0.2, 0.25) is 0 Å². The number of aliphatic hydroxyl groups is 1. The average molecular weight is 307 g/mol. The van der Waals surface area contributed by atoms with Crippen molar-refractivity contribution < 1.29 is 18.3 Å². The van der Waals surface area contributed by atoms with Crippen LogP contribution in [0.15, 0.2) is 0 Å². The molecule has 2 N–H and O–H groups in total. The Bertz CT molecular complexity index is 415. The molecule has 1 saturated heterocycles. The average Bonchev–Trinajstić information content (AvgIpc) is 2.69. The first kappa shape index (κ1) is 15.1. The molecular formula is C12H21NO4S2. The number of hydrogen-bond acceptors (Lipinski definition) is 5. The van der Waals surface area contributed by atoms with Crippen LogP contribution in [0.4, 0.5) is 0 Å². The molecule has 2 rings (SSSR count). The van der Waals surface area contributed by atoms with Gasteiger partial charge in [0.1, 0.15) is 0 Å². The molecule has 7 heteroatoms. The minimum Gasteiger partial charge on any atom is -0.393 e. The molecule has 1 heterocycles. The van der Waals surface area contributed by atoms with Crippen molar-refractivity contribution in [1.29, 1.82) is 0 Å². The molecule has 5 nitrogen and oxygen atoms in total. The van der Waals surface area contributed by atoms with Crippen LogP contribution in [0.5, 0.6) is 0 Å². The maximum Gasteiger partial charge on any atom is 0.230 e. The third-order valence-electron chi connectivity index (χ3n) is 3.70. The molecule has 1 atom stereocenters. The Balaban J connectivity index is 1.65. The van der Waals surface area contributed by atoms with Crippen molar-refractivity contribution in [2.75, 3.05) is 17.3 Å². The van der Waals surface area contributed by atoms with Gasteiger partial charge in [0, 0.05) is 11.3 Å². The third-order valence-corrected chi connectivity index (χ3v) is 6.98. The van der Waals surface area contributed by atoms with Gasteiger partial charge in [-0.3, -0.25) is 4.79 Å². The summed E-state index contributed by atoms with van der Waals surface area (Å²) in [5.74, 6) is 0.780. The fourth-order valence-corrected chi connectivity index (χ4v) is 6.03. The lowest BCUT2D eigenvalue weighted by atomic mass is 9.93. The molecule has 110 valence electrons. The van der Waals surface area contributed by atoms with Crippen LogP contribution in [0.1, 0.15) is 32.1 Å². The summed E-state index contributed by atoms with van der Waals surface area (Å²) in [4.78, 5) is 11.8. The van der Waals surface area contributed by atoms with Crippen molar-refractivity contribution >= 4 is 27.5 Å². The first-order valence-corrected chi connectivity index (χ1v) is 9.61. The van der Waals surface area contributed by atoms with E-state index in [1.54, 1.807) is 0 Å². The van der Waals surface area contributed by atoms with Crippen molar-refractivity contribution in [2.45, 2.75) is 49.5 Å². The lowest BCUT2D eigenvalue weighted by Gasteiger charge is -2.26. The van der Waals surface area contributed by atoms with E-state index in [1.165, 1.54) is 11.8 Å². The maximum atomic E-state index is 11.8. The molecule has 1 aliphatic heterocycles. The lowest BCUT2D eigenvalue weighted by Crippen LogP contribution is -2.39. The second-order valence-electron chi connectivity index (χ2n) is 5.41. The van der Waals surface area contributed by atoms with Crippen LogP contribution in [0.3, 0.4) is 0 Å². The molecule has 1 aliphatic carbocycles. The Morgan fingerprint density at radius 3 is 2.47 bits per heavy atom. The van der Waals surface area contributed by atoms with Crippen LogP contribution >= 0.6 is 11.8 Å². The predicted octanol–water partition coefficient (Wildman–Crippen LogP) is 0.326. The molecule has 1 amide bonds. The molecule has 0 aromatic carbocycles. The Morgan fingerprint density at radius 1 is 1.21 bits per heavy atom. The fraction of sp³-hybridized carbons (Fsp3) is 0.917. The van der Waals surface area contributed by atoms with E-state index in [1.807, 2.05) is 0 Å². The van der Waals surface area contributed by atoms with Gasteiger partial charge in [0.2, 0.25) is 5.91 Å². The van der Waals surface area contributed by atoms with Crippen molar-refractivity contribution in [3.05, 3.63) is 0 Å². The number of sulfone groups is 1. The van der Waals surface area contributed by atoms with Gasteiger partial charge in [0.25, 0.3) is 0 Å². The third kappa shape index (κ3) is 4.96. The van der Waals surface area contributed by atoms with E-state index < -0.39 is 9.84 Å². The van der Waals surface area contributed by atoms with Gasteiger partial charge in [0.15, 0.2) is 9.84 Å². The normalized spacial score (nSPS) is 34.1. The van der Waals surface area contributed by atoms with E-state index in [9.17, 15) is 18.3 Å². The SMILES string of the molecule is O=C(CSC1CCS(=O)(=O)C1)NC1CCC(O)CC1. The Kier molecular flexibility index (Phi) is 5.14. The monoisotopic (exact) mass is 307 g/mol. The molecular weight excluding hydrogens is 286 g/mol. The molecule has 0 bridgehead atoms. The van der Waals surface area contributed by atoms with Gasteiger partial charge in [-0.1, -0.05) is 0 Å². The second-order valence-corrected chi connectivity index (χ2v) is 8.93. The van der Waals surface area contributed by atoms with Gasteiger partial charge in [0.05, 0.1) is 23.4 Å². The number of rotatable bonds is 4. The number of carbonyl (C=O) groups is 1. The first-order chi connectivity index (χ1) is 8.94. The summed E-state index contributed by atoms with van der Waals surface area (Å²) in [5, 5.41) is 12.4. The minimum atomic E-state index is -2.86. The molecule has 0 radical (unpaired) electrons. The first-order valence-electron chi connectivity index (χ1n) is 6.74. The molecule has 19 heavy (non-hydrogen) atoms. The van der Waals surface area contributed by atoms with Crippen LogP contribution in [0.25, 0.3) is 0 Å². The predicted molar refractivity (Wildman–Crippen MR) is 75.9 cm³/mol. The Morgan fingerprint density at radius 2 is 1.89 bits per heavy atom. The van der Waals surface area contributed by atoms with E-state index in [2.05, 4.69) is 5.32 Å². The van der Waals surface area contributed by atoms with E-state index >= 15 is 0 Å². The number of carbonyl (C=O) groups excluding carboxylic acids is 1. The largest absolute Gasteiger partial charge is 0.393 e. The van der Waals surface area contributed by atoms with Gasteiger partial charge >= 0.3 is 0 Å². The number of amides is 1. The summed E-state index contributed by atoms with van der Waals surface area (Å²) in [6.45, 7) is 0. The number of aliphatic hydroxyl groups excluding tert-OH is 1. The highest BCUT2D eigenvalue weighted by Gasteiger charge is 2.29. The van der Waals surface area contributed by atoms with Crippen molar-refractivity contribution in [2.24, 2.45) is 0 Å². The molecule has 1 saturated carbocycles. The zero-order valence-corrected chi connectivity index (χ0v) is 12.5. The molecule has 1 unspecified atom stereocenters. The zero-order valence-electron chi connectivity index (χ0n) is 10.9. The highest BCUT2D eigenvalue weighted by molar-refractivity contribution is 8.02. The number of thioether (sulfide) groups is 1. The van der Waals surface area contributed by atoms with Crippen LogP contribution in [-0.4, -0.2) is 54.1 Å². The maximum absolute atomic E-state index is 11.8. The summed E-state index contributed by atoms with van der Waals surface area (Å²) in [7, 11) is -2.86. The van der Waals surface area contributed by atoms with E-state index in [0.29, 0.717) is 12.2 Å². The Labute approximate surface area is 118 Å². The summed E-state index contributed by atoms with van der Waals surface area (Å²) >= 11 is 1.44. The van der Waals surface area contributed by atoms with Gasteiger partial charge in [-0.2, -0.15) is 0 Å². The molecule has 0 aromatic rings. The van der Waals surface area contributed by atoms with E-state index in [0.717, 1.165) is 25.7 Å². The molecule has 0 aromatic heterocycles. The summed E-state index contributed by atoms with van der Waals surface area (Å²) in [6.07, 6.45) is 3.60. The summed E-state index contributed by atoms with van der Waals surface area (Å²) in [5.41, 5.74) is 0. The standard InChI is InChI=1S/C12H21NO4S2/c14-10-3-1-9(2-4-10)13-12(15)7-18-11-5-6-19(16,17)8-11/h9-11,14H,1-8H2,(H,13,15). The van der Waals surface area contributed by atoms with Crippen LogP contribution in [0, 0.1) is 0 Å². The second kappa shape index (κ2) is 6.45. The molecule has 0 spiro atoms. The molecule has 2 aliphatic rings. The van der Waals surface area contributed by atoms with Gasteiger partial charge in [-0.25, -0.2) is 8.42 Å². The minimum absolute atomic E-state index is 0.0179. The summed E-state index contributed by atoms with van der Waals surface area (Å²) < 4.78 is 22.6. The topological polar surface area (TPSA) is 83.5 Å². The van der Waals surface area contributed by atoms with E-state index in [-0.39, 0.29) is 34.8 Å². The van der Waals surface area contributed by atoms with Gasteiger partial charge < -0.3 is 10.4 Å². The van der Waals surface area contributed by atoms with Crippen molar-refractivity contribution in [1.82, 2.24) is 5.32 Å². The lowest BCUT2D eigenvalue weighted by molar-refractivity contribution is -0.119. The fourth-order valence-electron chi connectivity index (χ4n) is 2.58. The zero-order chi connectivity index (χ0) is 13.9. The van der Waals surface area contributed by atoms with Crippen molar-refractivity contribution in [3.8, 4) is 0 Å². The van der Waals surface area contributed by atoms with Gasteiger partial charge in [-0.05, 0) is 32.1 Å². The smallest absolute Gasteiger partial charge is 0.230 e. The highest BCUT2D eigenvalue weighted by atomic mass is 32.2. The van der Waals surface area contributed by atoms with Crippen LogP contribution in [-0.2, 0) is 14.6 Å². The quantitative estimate of drug-likeness (QED) is 0.782. The summed E-state index contributed by atoms with van der Waals surface area (Å²) in [6, 6.07) is 0.170. The van der Waals surface area contributed by atoms with Crippen molar-refractivity contribution in [3.63, 3.8) is 0 Å².